The lowest BCUT2D eigenvalue weighted by Gasteiger charge is -2.57. The number of hydrogen-bond donors (Lipinski definition) is 0. The van der Waals surface area contributed by atoms with Crippen molar-refractivity contribution in [2.45, 2.75) is 117 Å². The van der Waals surface area contributed by atoms with E-state index in [0.29, 0.717) is 24.7 Å². The van der Waals surface area contributed by atoms with Crippen LogP contribution in [0.15, 0.2) is 11.6 Å². The number of rotatable bonds is 4. The SMILES string of the molecule is [2H]C([2H])([2H])[C@]12CCC(=O)C=C1CC[C@H]1[C@@H]3CC[C@H](OC(=O)C4CCC(CCC)CC4)[C@@]3(C)CC[C@@H]12. The van der Waals surface area contributed by atoms with Crippen molar-refractivity contribution in [3.8, 4) is 0 Å². The molecule has 0 amide bonds. The lowest BCUT2D eigenvalue weighted by atomic mass is 9.47. The quantitative estimate of drug-likeness (QED) is 0.438. The van der Waals surface area contributed by atoms with Crippen LogP contribution in [0, 0.1) is 40.4 Å². The first-order valence-electron chi connectivity index (χ1n) is 15.0. The van der Waals surface area contributed by atoms with Gasteiger partial charge in [-0.2, -0.15) is 0 Å². The molecule has 3 nitrogen and oxygen atoms in total. The molecule has 0 spiro atoms. The average Bonchev–Trinajstić information content (AvgIpc) is 3.14. The number of allylic oxidation sites excluding steroid dienone is 1. The molecule has 32 heavy (non-hydrogen) atoms. The lowest BCUT2D eigenvalue weighted by molar-refractivity contribution is -0.166. The number of esters is 1. The zero-order chi connectivity index (χ0) is 25.0. The number of hydrogen-bond acceptors (Lipinski definition) is 3. The summed E-state index contributed by atoms with van der Waals surface area (Å²) in [5, 5.41) is 0. The normalized spacial score (nSPS) is 47.8. The van der Waals surface area contributed by atoms with Gasteiger partial charge in [-0.3, -0.25) is 9.59 Å². The zero-order valence-corrected chi connectivity index (χ0v) is 20.2. The minimum Gasteiger partial charge on any atom is -0.462 e. The van der Waals surface area contributed by atoms with Gasteiger partial charge in [-0.25, -0.2) is 0 Å². The summed E-state index contributed by atoms with van der Waals surface area (Å²) < 4.78 is 32.0. The highest BCUT2D eigenvalue weighted by Gasteiger charge is 2.60. The van der Waals surface area contributed by atoms with E-state index in [4.69, 9.17) is 8.85 Å². The molecule has 6 atom stereocenters. The molecule has 5 aliphatic rings. The van der Waals surface area contributed by atoms with Crippen molar-refractivity contribution in [1.82, 2.24) is 0 Å². The van der Waals surface area contributed by atoms with E-state index in [1.54, 1.807) is 6.08 Å². The van der Waals surface area contributed by atoms with Gasteiger partial charge >= 0.3 is 5.97 Å². The predicted octanol–water partition coefficient (Wildman–Crippen LogP) is 7.04. The van der Waals surface area contributed by atoms with Gasteiger partial charge in [0, 0.05) is 15.9 Å². The smallest absolute Gasteiger partial charge is 0.309 e. The molecule has 0 aliphatic heterocycles. The molecule has 0 N–H and O–H groups in total. The van der Waals surface area contributed by atoms with E-state index >= 15 is 0 Å². The first kappa shape index (κ1) is 19.2. The number of ether oxygens (including phenoxy) is 1. The topological polar surface area (TPSA) is 43.4 Å². The fraction of sp³-hybridized carbons (Fsp3) is 0.862. The minimum atomic E-state index is -2.09. The summed E-state index contributed by atoms with van der Waals surface area (Å²) in [7, 11) is 0. The molecule has 4 saturated carbocycles. The molecule has 0 unspecified atom stereocenters. The van der Waals surface area contributed by atoms with E-state index < -0.39 is 12.3 Å². The summed E-state index contributed by atoms with van der Waals surface area (Å²) in [6.45, 7) is 2.47. The Labute approximate surface area is 199 Å². The van der Waals surface area contributed by atoms with Gasteiger partial charge in [0.2, 0.25) is 0 Å². The molecule has 4 fully saturated rings. The van der Waals surface area contributed by atoms with Gasteiger partial charge in [-0.15, -0.1) is 0 Å². The van der Waals surface area contributed by atoms with Crippen molar-refractivity contribution in [2.24, 2.45) is 40.4 Å². The Hall–Kier alpha value is -1.12. The number of carbonyl (C=O) groups is 2. The van der Waals surface area contributed by atoms with Crippen LogP contribution < -0.4 is 0 Å². The molecule has 0 bridgehead atoms. The van der Waals surface area contributed by atoms with E-state index in [1.165, 1.54) is 12.8 Å². The second-order valence-corrected chi connectivity index (χ2v) is 12.1. The number of carbonyl (C=O) groups excluding carboxylic acids is 2. The van der Waals surface area contributed by atoms with Crippen LogP contribution in [0.25, 0.3) is 0 Å². The Morgan fingerprint density at radius 1 is 1.06 bits per heavy atom. The van der Waals surface area contributed by atoms with Gasteiger partial charge in [0.05, 0.1) is 5.92 Å². The van der Waals surface area contributed by atoms with Crippen molar-refractivity contribution in [2.75, 3.05) is 0 Å². The van der Waals surface area contributed by atoms with Gasteiger partial charge in [-0.1, -0.05) is 39.1 Å². The molecule has 5 rings (SSSR count). The Morgan fingerprint density at radius 3 is 2.62 bits per heavy atom. The molecular weight excluding hydrogens is 396 g/mol. The maximum absolute atomic E-state index is 13.2. The number of ketones is 1. The summed E-state index contributed by atoms with van der Waals surface area (Å²) in [5.41, 5.74) is 0.00723. The Balaban J connectivity index is 1.31. The van der Waals surface area contributed by atoms with Crippen LogP contribution in [0.2, 0.25) is 0 Å². The molecule has 178 valence electrons. The summed E-state index contributed by atoms with van der Waals surface area (Å²) in [5.74, 6) is 1.79. The third-order valence-corrected chi connectivity index (χ3v) is 10.5. The predicted molar refractivity (Wildman–Crippen MR) is 127 cm³/mol. The zero-order valence-electron chi connectivity index (χ0n) is 23.2. The second kappa shape index (κ2) is 8.58. The first-order valence-corrected chi connectivity index (χ1v) is 13.5. The average molecular weight is 444 g/mol. The van der Waals surface area contributed by atoms with Crippen LogP contribution in [-0.2, 0) is 14.3 Å². The van der Waals surface area contributed by atoms with Crippen LogP contribution in [0.5, 0.6) is 0 Å². The summed E-state index contributed by atoms with van der Waals surface area (Å²) >= 11 is 0. The molecule has 3 heteroatoms. The lowest BCUT2D eigenvalue weighted by Crippen LogP contribution is -2.51. The van der Waals surface area contributed by atoms with Crippen molar-refractivity contribution in [3.05, 3.63) is 11.6 Å². The Morgan fingerprint density at radius 2 is 1.88 bits per heavy atom. The van der Waals surface area contributed by atoms with Gasteiger partial charge in [0.15, 0.2) is 5.78 Å². The van der Waals surface area contributed by atoms with Crippen LogP contribution in [-0.4, -0.2) is 17.9 Å². The molecule has 0 aromatic heterocycles. The second-order valence-electron chi connectivity index (χ2n) is 12.1. The van der Waals surface area contributed by atoms with Crippen molar-refractivity contribution >= 4 is 11.8 Å². The highest BCUT2D eigenvalue weighted by Crippen LogP contribution is 2.65. The summed E-state index contributed by atoms with van der Waals surface area (Å²) in [6.07, 6.45) is 14.6. The van der Waals surface area contributed by atoms with Crippen LogP contribution in [0.3, 0.4) is 0 Å². The highest BCUT2D eigenvalue weighted by molar-refractivity contribution is 5.91. The fourth-order valence-electron chi connectivity index (χ4n) is 8.70. The third kappa shape index (κ3) is 3.70. The van der Waals surface area contributed by atoms with E-state index in [-0.39, 0.29) is 35.1 Å². The number of fused-ring (bicyclic) bond motifs is 5. The van der Waals surface area contributed by atoms with Crippen LogP contribution in [0.1, 0.15) is 115 Å². The van der Waals surface area contributed by atoms with Crippen molar-refractivity contribution in [1.29, 1.82) is 0 Å². The summed E-state index contributed by atoms with van der Waals surface area (Å²) in [6, 6.07) is 0. The van der Waals surface area contributed by atoms with Gasteiger partial charge < -0.3 is 4.74 Å². The van der Waals surface area contributed by atoms with E-state index in [2.05, 4.69) is 13.8 Å². The maximum atomic E-state index is 13.2. The van der Waals surface area contributed by atoms with Crippen LogP contribution >= 0.6 is 0 Å². The molecular formula is C29H44O3. The molecule has 0 saturated heterocycles. The molecule has 0 aromatic rings. The minimum absolute atomic E-state index is 0.0209. The van der Waals surface area contributed by atoms with Gasteiger partial charge in [-0.05, 0) is 106 Å². The largest absolute Gasteiger partial charge is 0.462 e. The maximum Gasteiger partial charge on any atom is 0.309 e. The van der Waals surface area contributed by atoms with Crippen LogP contribution in [0.4, 0.5) is 0 Å². The van der Waals surface area contributed by atoms with Gasteiger partial charge in [0.1, 0.15) is 6.10 Å². The molecule has 0 radical (unpaired) electrons. The third-order valence-electron chi connectivity index (χ3n) is 10.5. The molecule has 5 aliphatic carbocycles. The Bertz CT molecular complexity index is 871. The van der Waals surface area contributed by atoms with Crippen molar-refractivity contribution in [3.63, 3.8) is 0 Å². The fourth-order valence-corrected chi connectivity index (χ4v) is 8.70. The van der Waals surface area contributed by atoms with E-state index in [0.717, 1.165) is 75.7 Å². The molecule has 0 aromatic carbocycles. The van der Waals surface area contributed by atoms with Crippen molar-refractivity contribution < 1.29 is 18.4 Å². The van der Waals surface area contributed by atoms with Gasteiger partial charge in [0.25, 0.3) is 0 Å². The standard InChI is InChI=1S/C29H44O3/c1-4-5-19-6-8-20(9-7-19)27(31)32-26-13-12-24-23-11-10-21-18-22(30)14-16-28(21,2)25(23)15-17-29(24,26)3/h18-20,23-26H,4-17H2,1-3H3/t19?,20?,23-,24-,25-,26-,28-,29-/m0/s1/i2D3. The Kier molecular flexibility index (Phi) is 5.15. The van der Waals surface area contributed by atoms with E-state index in [1.807, 2.05) is 0 Å². The summed E-state index contributed by atoms with van der Waals surface area (Å²) in [4.78, 5) is 25.4. The van der Waals surface area contributed by atoms with E-state index in [9.17, 15) is 9.59 Å². The first-order chi connectivity index (χ1) is 16.6. The molecule has 0 heterocycles. The highest BCUT2D eigenvalue weighted by atomic mass is 16.5. The monoisotopic (exact) mass is 443 g/mol.